The van der Waals surface area contributed by atoms with Gasteiger partial charge in [0, 0.05) is 31.4 Å². The maximum absolute atomic E-state index is 13.7. The average Bonchev–Trinajstić information content (AvgIpc) is 2.50. The van der Waals surface area contributed by atoms with Crippen LogP contribution in [0.3, 0.4) is 0 Å². The predicted molar refractivity (Wildman–Crippen MR) is 102 cm³/mol. The molecule has 1 fully saturated rings. The molecule has 0 radical (unpaired) electrons. The van der Waals surface area contributed by atoms with Gasteiger partial charge in [0.05, 0.1) is 4.47 Å². The molecule has 1 aliphatic rings. The van der Waals surface area contributed by atoms with E-state index in [1.807, 2.05) is 27.7 Å². The number of amides is 3. The highest BCUT2D eigenvalue weighted by Crippen LogP contribution is 2.25. The molecule has 144 valence electrons. The fraction of sp³-hybridized carbons (Fsp3) is 0.556. The molecule has 3 amide bonds. The van der Waals surface area contributed by atoms with Crippen molar-refractivity contribution in [3.63, 3.8) is 0 Å². The first kappa shape index (κ1) is 20.5. The van der Waals surface area contributed by atoms with E-state index >= 15 is 0 Å². The Bertz CT molecular complexity index is 706. The second-order valence-electron chi connectivity index (χ2n) is 7.48. The van der Waals surface area contributed by atoms with E-state index in [4.69, 9.17) is 4.74 Å². The van der Waals surface area contributed by atoms with Gasteiger partial charge in [-0.2, -0.15) is 0 Å². The Balaban J connectivity index is 2.00. The van der Waals surface area contributed by atoms with E-state index in [1.165, 1.54) is 6.07 Å². The molecule has 26 heavy (non-hydrogen) atoms. The first-order valence-electron chi connectivity index (χ1n) is 8.49. The number of benzene rings is 1. The Morgan fingerprint density at radius 3 is 2.54 bits per heavy atom. The van der Waals surface area contributed by atoms with Crippen LogP contribution in [0.25, 0.3) is 0 Å². The largest absolute Gasteiger partial charge is 0.444 e. The molecule has 0 spiro atoms. The van der Waals surface area contributed by atoms with Crippen molar-refractivity contribution in [3.05, 3.63) is 28.0 Å². The first-order valence-corrected chi connectivity index (χ1v) is 9.28. The Morgan fingerprint density at radius 2 is 1.96 bits per heavy atom. The summed E-state index contributed by atoms with van der Waals surface area (Å²) in [6.45, 7) is 10.3. The summed E-state index contributed by atoms with van der Waals surface area (Å²) < 4.78 is 19.5. The lowest BCUT2D eigenvalue weighted by atomic mass is 10.2. The monoisotopic (exact) mass is 429 g/mol. The molecule has 0 aromatic heterocycles. The second-order valence-corrected chi connectivity index (χ2v) is 8.33. The summed E-state index contributed by atoms with van der Waals surface area (Å²) >= 11 is 3.13. The van der Waals surface area contributed by atoms with Gasteiger partial charge in [0.1, 0.15) is 11.4 Å². The highest BCUT2D eigenvalue weighted by Gasteiger charge is 2.32. The number of rotatable bonds is 1. The number of urea groups is 1. The number of carbonyl (C=O) groups excluding carboxylic acids is 2. The molecular weight excluding hydrogens is 405 g/mol. The van der Waals surface area contributed by atoms with Crippen molar-refractivity contribution in [2.75, 3.05) is 25.0 Å². The number of halogens is 2. The molecule has 1 heterocycles. The van der Waals surface area contributed by atoms with Crippen molar-refractivity contribution in [2.24, 2.45) is 0 Å². The minimum absolute atomic E-state index is 0.183. The number of aryl methyl sites for hydroxylation is 1. The Labute approximate surface area is 161 Å². The Hall–Kier alpha value is -1.83. The normalized spacial score (nSPS) is 17.9. The maximum Gasteiger partial charge on any atom is 0.410 e. The van der Waals surface area contributed by atoms with Crippen molar-refractivity contribution >= 4 is 33.7 Å². The van der Waals surface area contributed by atoms with E-state index in [0.717, 1.165) is 5.56 Å². The summed E-state index contributed by atoms with van der Waals surface area (Å²) in [5.74, 6) is -0.436. The summed E-state index contributed by atoms with van der Waals surface area (Å²) in [5.41, 5.74) is 0.627. The van der Waals surface area contributed by atoms with Crippen molar-refractivity contribution in [2.45, 2.75) is 46.3 Å². The number of hydrogen-bond donors (Lipinski definition) is 1. The maximum atomic E-state index is 13.7. The van der Waals surface area contributed by atoms with E-state index < -0.39 is 11.4 Å². The van der Waals surface area contributed by atoms with Crippen LogP contribution in [0.4, 0.5) is 19.7 Å². The summed E-state index contributed by atoms with van der Waals surface area (Å²) in [6.07, 6.45) is -0.379. The number of nitrogens with zero attached hydrogens (tertiary/aromatic N) is 2. The van der Waals surface area contributed by atoms with Crippen LogP contribution in [0, 0.1) is 12.7 Å². The van der Waals surface area contributed by atoms with Crippen LogP contribution in [0.15, 0.2) is 16.6 Å². The molecule has 1 aromatic carbocycles. The van der Waals surface area contributed by atoms with Crippen molar-refractivity contribution in [1.29, 1.82) is 0 Å². The van der Waals surface area contributed by atoms with E-state index in [0.29, 0.717) is 29.8 Å². The topological polar surface area (TPSA) is 61.9 Å². The van der Waals surface area contributed by atoms with Crippen molar-refractivity contribution < 1.29 is 18.7 Å². The Morgan fingerprint density at radius 1 is 1.31 bits per heavy atom. The smallest absolute Gasteiger partial charge is 0.410 e. The molecule has 8 heteroatoms. The highest BCUT2D eigenvalue weighted by atomic mass is 79.9. The minimum atomic E-state index is -0.558. The van der Waals surface area contributed by atoms with Crippen molar-refractivity contribution in [3.8, 4) is 0 Å². The van der Waals surface area contributed by atoms with Crippen LogP contribution in [0.1, 0.15) is 33.3 Å². The van der Waals surface area contributed by atoms with Gasteiger partial charge in [-0.3, -0.25) is 0 Å². The molecule has 1 N–H and O–H groups in total. The SMILES string of the molecule is Cc1cc(Br)c(F)cc1NC(=O)N1CCN(C(=O)OC(C)(C)C)C[C@@H]1C. The molecular formula is C18H25BrFN3O3. The van der Waals surface area contributed by atoms with Crippen LogP contribution < -0.4 is 5.32 Å². The van der Waals surface area contributed by atoms with Crippen LogP contribution >= 0.6 is 15.9 Å². The molecule has 6 nitrogen and oxygen atoms in total. The molecule has 2 rings (SSSR count). The summed E-state index contributed by atoms with van der Waals surface area (Å²) in [4.78, 5) is 28.0. The van der Waals surface area contributed by atoms with E-state index in [1.54, 1.807) is 22.8 Å². The lowest BCUT2D eigenvalue weighted by Gasteiger charge is -2.40. The lowest BCUT2D eigenvalue weighted by Crippen LogP contribution is -2.57. The molecule has 1 saturated heterocycles. The second kappa shape index (κ2) is 7.82. The van der Waals surface area contributed by atoms with Crippen molar-refractivity contribution in [1.82, 2.24) is 9.80 Å². The summed E-state index contributed by atoms with van der Waals surface area (Å²) in [6, 6.07) is 2.41. The predicted octanol–water partition coefficient (Wildman–Crippen LogP) is 4.37. The molecule has 1 aliphatic heterocycles. The van der Waals surface area contributed by atoms with Gasteiger partial charge in [-0.15, -0.1) is 0 Å². The van der Waals surface area contributed by atoms with Crippen LogP contribution in [0.2, 0.25) is 0 Å². The standard InChI is InChI=1S/C18H25BrFN3O3/c1-11-8-13(19)14(20)9-15(11)21-16(24)23-7-6-22(10-12(23)2)17(25)26-18(3,4)5/h8-9,12H,6-7,10H2,1-5H3,(H,21,24)/t12-/m0/s1. The third-order valence-electron chi connectivity index (χ3n) is 4.05. The van der Waals surface area contributed by atoms with Gasteiger partial charge >= 0.3 is 12.1 Å². The molecule has 0 bridgehead atoms. The van der Waals surface area contributed by atoms with E-state index in [9.17, 15) is 14.0 Å². The molecule has 0 unspecified atom stereocenters. The van der Waals surface area contributed by atoms with Crippen LogP contribution in [-0.2, 0) is 4.74 Å². The van der Waals surface area contributed by atoms with Gasteiger partial charge in [0.25, 0.3) is 0 Å². The van der Waals surface area contributed by atoms with Gasteiger partial charge < -0.3 is 19.9 Å². The fourth-order valence-corrected chi connectivity index (χ4v) is 3.18. The number of piperazine rings is 1. The zero-order chi connectivity index (χ0) is 19.6. The summed E-state index contributed by atoms with van der Waals surface area (Å²) in [5, 5.41) is 2.75. The third kappa shape index (κ3) is 5.09. The van der Waals surface area contributed by atoms with Crippen LogP contribution in [-0.4, -0.2) is 53.2 Å². The molecule has 1 atom stereocenters. The Kier molecular flexibility index (Phi) is 6.16. The third-order valence-corrected chi connectivity index (χ3v) is 4.66. The fourth-order valence-electron chi connectivity index (χ4n) is 2.72. The molecule has 0 aliphatic carbocycles. The van der Waals surface area contributed by atoms with Gasteiger partial charge in [0.2, 0.25) is 0 Å². The number of hydrogen-bond acceptors (Lipinski definition) is 3. The number of nitrogens with one attached hydrogen (secondary N) is 1. The molecule has 0 saturated carbocycles. The van der Waals surface area contributed by atoms with Gasteiger partial charge in [-0.1, -0.05) is 0 Å². The van der Waals surface area contributed by atoms with E-state index in [2.05, 4.69) is 21.2 Å². The van der Waals surface area contributed by atoms with E-state index in [-0.39, 0.29) is 18.2 Å². The molecule has 1 aromatic rings. The van der Waals surface area contributed by atoms with Gasteiger partial charge in [-0.05, 0) is 68.2 Å². The first-order chi connectivity index (χ1) is 12.0. The number of anilines is 1. The van der Waals surface area contributed by atoms with Gasteiger partial charge in [-0.25, -0.2) is 14.0 Å². The summed E-state index contributed by atoms with van der Waals surface area (Å²) in [7, 11) is 0. The number of ether oxygens (including phenoxy) is 1. The lowest BCUT2D eigenvalue weighted by molar-refractivity contribution is 0.0112. The zero-order valence-corrected chi connectivity index (χ0v) is 17.3. The minimum Gasteiger partial charge on any atom is -0.444 e. The zero-order valence-electron chi connectivity index (χ0n) is 15.7. The van der Waals surface area contributed by atoms with Gasteiger partial charge in [0.15, 0.2) is 0 Å². The van der Waals surface area contributed by atoms with Crippen LogP contribution in [0.5, 0.6) is 0 Å². The number of carbonyl (C=O) groups is 2. The quantitative estimate of drug-likeness (QED) is 0.720. The highest BCUT2D eigenvalue weighted by molar-refractivity contribution is 9.10. The average molecular weight is 430 g/mol.